The van der Waals surface area contributed by atoms with E-state index in [4.69, 9.17) is 5.11 Å². The summed E-state index contributed by atoms with van der Waals surface area (Å²) in [4.78, 5) is 15.3. The molecule has 1 N–H and O–H groups in total. The largest absolute Gasteiger partial charge is 0.478 e. The number of aromatic nitrogens is 2. The monoisotopic (exact) mass is 250 g/mol. The Bertz CT molecular complexity index is 563. The molecule has 17 heavy (non-hydrogen) atoms. The average molecular weight is 250 g/mol. The maximum Gasteiger partial charge on any atom is 0.335 e. The zero-order valence-corrected chi connectivity index (χ0v) is 10.6. The van der Waals surface area contributed by atoms with E-state index in [9.17, 15) is 4.79 Å². The molecular formula is C12H14N2O2S. The van der Waals surface area contributed by atoms with Gasteiger partial charge in [0.05, 0.1) is 16.6 Å². The predicted octanol–water partition coefficient (Wildman–Crippen LogP) is 2.77. The van der Waals surface area contributed by atoms with Crippen molar-refractivity contribution in [3.05, 3.63) is 23.8 Å². The van der Waals surface area contributed by atoms with Gasteiger partial charge in [-0.05, 0) is 24.6 Å². The lowest BCUT2D eigenvalue weighted by atomic mass is 10.2. The smallest absolute Gasteiger partial charge is 0.335 e. The first kappa shape index (κ1) is 12.0. The van der Waals surface area contributed by atoms with Crippen molar-refractivity contribution in [1.29, 1.82) is 0 Å². The second-order valence-electron chi connectivity index (χ2n) is 3.81. The first-order valence-electron chi connectivity index (χ1n) is 5.46. The van der Waals surface area contributed by atoms with Crippen LogP contribution in [0.4, 0.5) is 0 Å². The fraction of sp³-hybridized carbons (Fsp3) is 0.333. The third-order valence-corrected chi connectivity index (χ3v) is 3.76. The van der Waals surface area contributed by atoms with Crippen LogP contribution in [0.2, 0.25) is 0 Å². The van der Waals surface area contributed by atoms with E-state index in [-0.39, 0.29) is 5.56 Å². The van der Waals surface area contributed by atoms with Gasteiger partial charge in [0.1, 0.15) is 0 Å². The summed E-state index contributed by atoms with van der Waals surface area (Å²) in [6.45, 7) is 2.12. The number of imidazole rings is 1. The Morgan fingerprint density at radius 2 is 2.29 bits per heavy atom. The Kier molecular flexibility index (Phi) is 3.38. The van der Waals surface area contributed by atoms with Gasteiger partial charge in [0.25, 0.3) is 0 Å². The third-order valence-electron chi connectivity index (χ3n) is 2.52. The molecule has 0 aliphatic carbocycles. The lowest BCUT2D eigenvalue weighted by molar-refractivity contribution is 0.0697. The molecule has 4 nitrogen and oxygen atoms in total. The summed E-state index contributed by atoms with van der Waals surface area (Å²) in [5.41, 5.74) is 1.99. The molecule has 2 aromatic rings. The van der Waals surface area contributed by atoms with Gasteiger partial charge in [0, 0.05) is 12.8 Å². The standard InChI is InChI=1S/C12H14N2O2S/c1-3-6-17-12-13-9-7-8(11(15)16)4-5-10(9)14(12)2/h4-5,7H,3,6H2,1-2H3,(H,15,16). The zero-order chi connectivity index (χ0) is 12.4. The van der Waals surface area contributed by atoms with Gasteiger partial charge in [-0.15, -0.1) is 0 Å². The van der Waals surface area contributed by atoms with E-state index in [2.05, 4.69) is 11.9 Å². The molecule has 1 heterocycles. The van der Waals surface area contributed by atoms with Gasteiger partial charge in [-0.1, -0.05) is 18.7 Å². The summed E-state index contributed by atoms with van der Waals surface area (Å²) in [6.07, 6.45) is 1.09. The number of thioether (sulfide) groups is 1. The molecule has 0 aliphatic rings. The number of hydrogen-bond donors (Lipinski definition) is 1. The van der Waals surface area contributed by atoms with Crippen molar-refractivity contribution in [3.8, 4) is 0 Å². The number of carboxylic acid groups (broad SMARTS) is 1. The average Bonchev–Trinajstić information content (AvgIpc) is 2.63. The molecule has 90 valence electrons. The molecule has 0 bridgehead atoms. The lowest BCUT2D eigenvalue weighted by Gasteiger charge is -2.00. The number of carboxylic acids is 1. The van der Waals surface area contributed by atoms with Gasteiger partial charge < -0.3 is 9.67 Å². The van der Waals surface area contributed by atoms with E-state index in [1.807, 2.05) is 17.7 Å². The number of aromatic carboxylic acids is 1. The Balaban J connectivity index is 2.45. The van der Waals surface area contributed by atoms with Crippen LogP contribution >= 0.6 is 11.8 Å². The van der Waals surface area contributed by atoms with Crippen molar-refractivity contribution in [1.82, 2.24) is 9.55 Å². The molecule has 0 aliphatic heterocycles. The van der Waals surface area contributed by atoms with Crippen LogP contribution < -0.4 is 0 Å². The zero-order valence-electron chi connectivity index (χ0n) is 9.80. The molecule has 0 unspecified atom stereocenters. The summed E-state index contributed by atoms with van der Waals surface area (Å²) in [5, 5.41) is 9.86. The fourth-order valence-electron chi connectivity index (χ4n) is 1.63. The topological polar surface area (TPSA) is 55.1 Å². The van der Waals surface area contributed by atoms with E-state index < -0.39 is 5.97 Å². The summed E-state index contributed by atoms with van der Waals surface area (Å²) < 4.78 is 2.00. The Morgan fingerprint density at radius 3 is 2.94 bits per heavy atom. The minimum Gasteiger partial charge on any atom is -0.478 e. The quantitative estimate of drug-likeness (QED) is 0.848. The lowest BCUT2D eigenvalue weighted by Crippen LogP contribution is -1.95. The van der Waals surface area contributed by atoms with Crippen molar-refractivity contribution in [2.75, 3.05) is 5.75 Å². The van der Waals surface area contributed by atoms with Crippen LogP contribution in [0.5, 0.6) is 0 Å². The number of fused-ring (bicyclic) bond motifs is 1. The normalized spacial score (nSPS) is 10.9. The molecule has 0 saturated carbocycles. The van der Waals surface area contributed by atoms with E-state index in [0.717, 1.165) is 28.4 Å². The summed E-state index contributed by atoms with van der Waals surface area (Å²) in [6, 6.07) is 5.04. The maximum absolute atomic E-state index is 10.9. The van der Waals surface area contributed by atoms with Crippen molar-refractivity contribution < 1.29 is 9.90 Å². The van der Waals surface area contributed by atoms with Gasteiger partial charge in [-0.25, -0.2) is 9.78 Å². The Hall–Kier alpha value is -1.49. The highest BCUT2D eigenvalue weighted by Crippen LogP contribution is 2.24. The molecule has 0 atom stereocenters. The number of rotatable bonds is 4. The van der Waals surface area contributed by atoms with Gasteiger partial charge in [-0.2, -0.15) is 0 Å². The molecule has 1 aromatic carbocycles. The molecule has 0 spiro atoms. The van der Waals surface area contributed by atoms with Crippen LogP contribution in [-0.4, -0.2) is 26.4 Å². The van der Waals surface area contributed by atoms with Crippen LogP contribution in [-0.2, 0) is 7.05 Å². The molecule has 0 fully saturated rings. The van der Waals surface area contributed by atoms with Crippen molar-refractivity contribution in [2.45, 2.75) is 18.5 Å². The first-order chi connectivity index (χ1) is 8.13. The predicted molar refractivity (Wildman–Crippen MR) is 68.7 cm³/mol. The van der Waals surface area contributed by atoms with Gasteiger partial charge in [0.15, 0.2) is 5.16 Å². The maximum atomic E-state index is 10.9. The summed E-state index contributed by atoms with van der Waals surface area (Å²) in [7, 11) is 1.95. The number of carbonyl (C=O) groups is 1. The fourth-order valence-corrected chi connectivity index (χ4v) is 2.47. The molecule has 0 amide bonds. The second kappa shape index (κ2) is 4.79. The van der Waals surface area contributed by atoms with Gasteiger partial charge >= 0.3 is 5.97 Å². The number of aryl methyl sites for hydroxylation is 1. The Morgan fingerprint density at radius 1 is 1.53 bits per heavy atom. The van der Waals surface area contributed by atoms with Gasteiger partial charge in [-0.3, -0.25) is 0 Å². The number of benzene rings is 1. The van der Waals surface area contributed by atoms with E-state index in [1.165, 1.54) is 0 Å². The third kappa shape index (κ3) is 2.29. The second-order valence-corrected chi connectivity index (χ2v) is 4.87. The van der Waals surface area contributed by atoms with Crippen molar-refractivity contribution in [3.63, 3.8) is 0 Å². The molecule has 0 saturated heterocycles. The summed E-state index contributed by atoms with van der Waals surface area (Å²) >= 11 is 1.69. The van der Waals surface area contributed by atoms with Crippen molar-refractivity contribution in [2.24, 2.45) is 7.05 Å². The highest BCUT2D eigenvalue weighted by Gasteiger charge is 2.10. The summed E-state index contributed by atoms with van der Waals surface area (Å²) in [5.74, 6) is 0.100. The molecule has 5 heteroatoms. The molecule has 2 rings (SSSR count). The minimum absolute atomic E-state index is 0.280. The number of nitrogens with zero attached hydrogens (tertiary/aromatic N) is 2. The van der Waals surface area contributed by atoms with Crippen LogP contribution in [0.3, 0.4) is 0 Å². The first-order valence-corrected chi connectivity index (χ1v) is 6.44. The van der Waals surface area contributed by atoms with Crippen LogP contribution in [0.25, 0.3) is 11.0 Å². The van der Waals surface area contributed by atoms with E-state index >= 15 is 0 Å². The minimum atomic E-state index is -0.916. The van der Waals surface area contributed by atoms with E-state index in [0.29, 0.717) is 0 Å². The Labute approximate surface area is 104 Å². The highest BCUT2D eigenvalue weighted by molar-refractivity contribution is 7.99. The van der Waals surface area contributed by atoms with Gasteiger partial charge in [0.2, 0.25) is 0 Å². The van der Waals surface area contributed by atoms with E-state index in [1.54, 1.807) is 23.9 Å². The van der Waals surface area contributed by atoms with Crippen molar-refractivity contribution >= 4 is 28.8 Å². The molecule has 0 radical (unpaired) electrons. The highest BCUT2D eigenvalue weighted by atomic mass is 32.2. The molecular weight excluding hydrogens is 236 g/mol. The van der Waals surface area contributed by atoms with Crippen LogP contribution in [0, 0.1) is 0 Å². The van der Waals surface area contributed by atoms with Crippen LogP contribution in [0.15, 0.2) is 23.4 Å². The molecule has 1 aromatic heterocycles. The number of hydrogen-bond acceptors (Lipinski definition) is 3. The van der Waals surface area contributed by atoms with Crippen LogP contribution in [0.1, 0.15) is 23.7 Å². The SMILES string of the molecule is CCCSc1nc2cc(C(=O)O)ccc2n1C.